The molecule has 0 unspecified atom stereocenters. The van der Waals surface area contributed by atoms with E-state index in [0.29, 0.717) is 0 Å². The zero-order valence-corrected chi connectivity index (χ0v) is 11.4. The SMILES string of the molecule is C[Si](C)(C)c1ccc2c(c1)oc1ccccc12. The third kappa shape index (κ3) is 1.69. The maximum absolute atomic E-state index is 5.91. The molecule has 0 amide bonds. The molecule has 1 nitrogen and oxygen atoms in total. The van der Waals surface area contributed by atoms with Crippen LogP contribution in [0.4, 0.5) is 0 Å². The van der Waals surface area contributed by atoms with Gasteiger partial charge >= 0.3 is 0 Å². The van der Waals surface area contributed by atoms with Crippen molar-refractivity contribution in [1.29, 1.82) is 0 Å². The fourth-order valence-electron chi connectivity index (χ4n) is 2.19. The Balaban J connectivity index is 2.34. The highest BCUT2D eigenvalue weighted by Crippen LogP contribution is 2.27. The Morgan fingerprint density at radius 2 is 1.53 bits per heavy atom. The second kappa shape index (κ2) is 3.47. The second-order valence-corrected chi connectivity index (χ2v) is 10.6. The van der Waals surface area contributed by atoms with Crippen LogP contribution in [0.3, 0.4) is 0 Å². The minimum absolute atomic E-state index is 0.982. The number of hydrogen-bond acceptors (Lipinski definition) is 1. The van der Waals surface area contributed by atoms with Crippen molar-refractivity contribution in [3.05, 3.63) is 42.5 Å². The number of furan rings is 1. The number of para-hydroxylation sites is 1. The third-order valence-corrected chi connectivity index (χ3v) is 5.29. The van der Waals surface area contributed by atoms with Crippen molar-refractivity contribution in [1.82, 2.24) is 0 Å². The fourth-order valence-corrected chi connectivity index (χ4v) is 3.34. The lowest BCUT2D eigenvalue weighted by Gasteiger charge is -2.15. The van der Waals surface area contributed by atoms with Gasteiger partial charge in [0.2, 0.25) is 0 Å². The molecule has 1 heterocycles. The van der Waals surface area contributed by atoms with Gasteiger partial charge in [-0.05, 0) is 12.1 Å². The fraction of sp³-hybridized carbons (Fsp3) is 0.200. The summed E-state index contributed by atoms with van der Waals surface area (Å²) in [6.07, 6.45) is 0. The Morgan fingerprint density at radius 3 is 2.29 bits per heavy atom. The molecule has 2 heteroatoms. The highest BCUT2D eigenvalue weighted by Gasteiger charge is 2.17. The predicted octanol–water partition coefficient (Wildman–Crippen LogP) is 4.13. The van der Waals surface area contributed by atoms with Crippen molar-refractivity contribution in [2.24, 2.45) is 0 Å². The summed E-state index contributed by atoms with van der Waals surface area (Å²) in [5.41, 5.74) is 2.00. The molecule has 0 aliphatic heterocycles. The normalized spacial score (nSPS) is 12.4. The highest BCUT2D eigenvalue weighted by molar-refractivity contribution is 6.88. The number of hydrogen-bond donors (Lipinski definition) is 0. The van der Waals surface area contributed by atoms with Crippen LogP contribution in [0.15, 0.2) is 46.9 Å². The van der Waals surface area contributed by atoms with Gasteiger partial charge in [0.25, 0.3) is 0 Å². The molecule has 0 fully saturated rings. The van der Waals surface area contributed by atoms with Gasteiger partial charge in [-0.1, -0.05) is 55.2 Å². The predicted molar refractivity (Wildman–Crippen MR) is 76.7 cm³/mol. The first kappa shape index (κ1) is 10.6. The van der Waals surface area contributed by atoms with E-state index in [2.05, 4.69) is 50.0 Å². The summed E-state index contributed by atoms with van der Waals surface area (Å²) < 4.78 is 5.91. The molecule has 2 aromatic carbocycles. The third-order valence-electron chi connectivity index (χ3n) is 3.24. The van der Waals surface area contributed by atoms with E-state index in [1.807, 2.05) is 12.1 Å². The topological polar surface area (TPSA) is 13.1 Å². The average Bonchev–Trinajstić information content (AvgIpc) is 2.65. The van der Waals surface area contributed by atoms with Crippen LogP contribution in [0.5, 0.6) is 0 Å². The quantitative estimate of drug-likeness (QED) is 0.583. The lowest BCUT2D eigenvalue weighted by atomic mass is 10.1. The van der Waals surface area contributed by atoms with Gasteiger partial charge in [-0.2, -0.15) is 0 Å². The van der Waals surface area contributed by atoms with Crippen LogP contribution in [0.25, 0.3) is 21.9 Å². The average molecular weight is 240 g/mol. The summed E-state index contributed by atoms with van der Waals surface area (Å²) in [6, 6.07) is 14.9. The van der Waals surface area contributed by atoms with Crippen molar-refractivity contribution < 1.29 is 4.42 Å². The molecule has 86 valence electrons. The summed E-state index contributed by atoms with van der Waals surface area (Å²) in [4.78, 5) is 0. The van der Waals surface area contributed by atoms with Gasteiger partial charge in [-0.25, -0.2) is 0 Å². The molecule has 0 saturated heterocycles. The Kier molecular flexibility index (Phi) is 2.17. The maximum Gasteiger partial charge on any atom is 0.135 e. The van der Waals surface area contributed by atoms with Crippen LogP contribution >= 0.6 is 0 Å². The molecule has 0 spiro atoms. The minimum atomic E-state index is -1.26. The zero-order chi connectivity index (χ0) is 12.0. The van der Waals surface area contributed by atoms with Crippen LogP contribution in [0.1, 0.15) is 0 Å². The molecule has 1 aromatic heterocycles. The smallest absolute Gasteiger partial charge is 0.135 e. The summed E-state index contributed by atoms with van der Waals surface area (Å²) in [5.74, 6) is 0. The Hall–Kier alpha value is -1.54. The lowest BCUT2D eigenvalue weighted by Crippen LogP contribution is -2.37. The Labute approximate surface area is 102 Å². The molecule has 0 saturated carbocycles. The van der Waals surface area contributed by atoms with E-state index in [-0.39, 0.29) is 0 Å². The minimum Gasteiger partial charge on any atom is -0.456 e. The van der Waals surface area contributed by atoms with Crippen LogP contribution < -0.4 is 5.19 Å². The van der Waals surface area contributed by atoms with Gasteiger partial charge in [0.15, 0.2) is 0 Å². The first-order valence-corrected chi connectivity index (χ1v) is 9.47. The van der Waals surface area contributed by atoms with Crippen molar-refractivity contribution in [2.45, 2.75) is 19.6 Å². The number of benzene rings is 2. The van der Waals surface area contributed by atoms with Gasteiger partial charge < -0.3 is 4.42 Å². The molecule has 0 aliphatic rings. The van der Waals surface area contributed by atoms with E-state index >= 15 is 0 Å². The standard InChI is InChI=1S/C15H16OSi/c1-17(2,3)11-8-9-13-12-6-4-5-7-14(12)16-15(13)10-11/h4-10H,1-3H3. The first-order chi connectivity index (χ1) is 8.05. The lowest BCUT2D eigenvalue weighted by molar-refractivity contribution is 0.669. The van der Waals surface area contributed by atoms with Crippen LogP contribution in [-0.2, 0) is 0 Å². The largest absolute Gasteiger partial charge is 0.456 e. The zero-order valence-electron chi connectivity index (χ0n) is 10.4. The molecular formula is C15H16OSi. The number of rotatable bonds is 1. The molecule has 0 bridgehead atoms. The highest BCUT2D eigenvalue weighted by atomic mass is 28.3. The molecule has 0 radical (unpaired) electrons. The van der Waals surface area contributed by atoms with E-state index < -0.39 is 8.07 Å². The van der Waals surface area contributed by atoms with E-state index in [1.54, 1.807) is 0 Å². The van der Waals surface area contributed by atoms with Crippen LogP contribution in [0, 0.1) is 0 Å². The molecule has 17 heavy (non-hydrogen) atoms. The van der Waals surface area contributed by atoms with E-state index in [9.17, 15) is 0 Å². The van der Waals surface area contributed by atoms with Gasteiger partial charge in [-0.15, -0.1) is 0 Å². The molecule has 3 aromatic rings. The Bertz CT molecular complexity index is 689. The summed E-state index contributed by atoms with van der Waals surface area (Å²) in [7, 11) is -1.26. The van der Waals surface area contributed by atoms with Crippen LogP contribution in [-0.4, -0.2) is 8.07 Å². The number of fused-ring (bicyclic) bond motifs is 3. The Morgan fingerprint density at radius 1 is 0.824 bits per heavy atom. The van der Waals surface area contributed by atoms with E-state index in [0.717, 1.165) is 11.2 Å². The second-order valence-electron chi connectivity index (χ2n) is 5.56. The maximum atomic E-state index is 5.91. The van der Waals surface area contributed by atoms with Crippen molar-refractivity contribution in [2.75, 3.05) is 0 Å². The van der Waals surface area contributed by atoms with Gasteiger partial charge in [0, 0.05) is 10.8 Å². The van der Waals surface area contributed by atoms with Crippen molar-refractivity contribution >= 4 is 35.2 Å². The summed E-state index contributed by atoms with van der Waals surface area (Å²) in [5, 5.41) is 3.89. The van der Waals surface area contributed by atoms with Gasteiger partial charge in [0.05, 0.1) is 8.07 Å². The monoisotopic (exact) mass is 240 g/mol. The molecular weight excluding hydrogens is 224 g/mol. The van der Waals surface area contributed by atoms with E-state index in [1.165, 1.54) is 16.0 Å². The molecule has 0 aliphatic carbocycles. The summed E-state index contributed by atoms with van der Waals surface area (Å²) in [6.45, 7) is 7.07. The summed E-state index contributed by atoms with van der Waals surface area (Å²) >= 11 is 0. The van der Waals surface area contributed by atoms with Crippen molar-refractivity contribution in [3.63, 3.8) is 0 Å². The van der Waals surface area contributed by atoms with Gasteiger partial charge in [0.1, 0.15) is 11.2 Å². The first-order valence-electron chi connectivity index (χ1n) is 5.97. The molecule has 0 N–H and O–H groups in total. The molecule has 0 atom stereocenters. The van der Waals surface area contributed by atoms with Crippen molar-refractivity contribution in [3.8, 4) is 0 Å². The van der Waals surface area contributed by atoms with Gasteiger partial charge in [-0.3, -0.25) is 0 Å². The molecule has 3 rings (SSSR count). The van der Waals surface area contributed by atoms with E-state index in [4.69, 9.17) is 4.42 Å². The van der Waals surface area contributed by atoms with Crippen LogP contribution in [0.2, 0.25) is 19.6 Å².